The maximum atomic E-state index is 13.4. The third-order valence-electron chi connectivity index (χ3n) is 8.09. The molecule has 0 bridgehead atoms. The van der Waals surface area contributed by atoms with Crippen LogP contribution in [0.2, 0.25) is 0 Å². The lowest BCUT2D eigenvalue weighted by Gasteiger charge is -2.36. The lowest BCUT2D eigenvalue weighted by molar-refractivity contribution is -0.132. The molecule has 0 N–H and O–H groups in total. The van der Waals surface area contributed by atoms with Gasteiger partial charge in [-0.15, -0.1) is 0 Å². The SMILES string of the molecule is C[C@@H]1CN(C(=O)c2nn(CC(=O)N3CCN(c4ccc5c(c4)CCCO5)CC3)c3c2CCC3)C[C@H](C)O1. The fourth-order valence-electron chi connectivity index (χ4n) is 6.29. The van der Waals surface area contributed by atoms with E-state index in [0.717, 1.165) is 68.8 Å². The van der Waals surface area contributed by atoms with Crippen molar-refractivity contribution in [3.8, 4) is 5.75 Å². The average molecular weight is 508 g/mol. The van der Waals surface area contributed by atoms with Gasteiger partial charge in [0.05, 0.1) is 18.8 Å². The number of fused-ring (bicyclic) bond motifs is 2. The monoisotopic (exact) mass is 507 g/mol. The van der Waals surface area contributed by atoms with E-state index in [2.05, 4.69) is 23.1 Å². The van der Waals surface area contributed by atoms with Crippen LogP contribution in [-0.2, 0) is 35.3 Å². The molecular weight excluding hydrogens is 470 g/mol. The van der Waals surface area contributed by atoms with Gasteiger partial charge in [-0.2, -0.15) is 5.10 Å². The van der Waals surface area contributed by atoms with E-state index in [0.29, 0.717) is 31.9 Å². The van der Waals surface area contributed by atoms with Crippen LogP contribution >= 0.6 is 0 Å². The second kappa shape index (κ2) is 10.0. The van der Waals surface area contributed by atoms with Gasteiger partial charge in [0, 0.05) is 56.2 Å². The van der Waals surface area contributed by atoms with Crippen LogP contribution < -0.4 is 9.64 Å². The molecule has 0 saturated carbocycles. The predicted molar refractivity (Wildman–Crippen MR) is 139 cm³/mol. The largest absolute Gasteiger partial charge is 0.493 e. The number of aryl methyl sites for hydroxylation is 1. The van der Waals surface area contributed by atoms with Crippen molar-refractivity contribution in [1.82, 2.24) is 19.6 Å². The topological polar surface area (TPSA) is 80.1 Å². The number of aromatic nitrogens is 2. The van der Waals surface area contributed by atoms with Gasteiger partial charge in [0.2, 0.25) is 5.91 Å². The smallest absolute Gasteiger partial charge is 0.274 e. The molecule has 1 aliphatic carbocycles. The summed E-state index contributed by atoms with van der Waals surface area (Å²) < 4.78 is 13.4. The molecule has 4 heterocycles. The van der Waals surface area contributed by atoms with Gasteiger partial charge in [-0.05, 0) is 69.7 Å². The van der Waals surface area contributed by atoms with Gasteiger partial charge in [0.1, 0.15) is 12.3 Å². The first-order valence-corrected chi connectivity index (χ1v) is 13.8. The van der Waals surface area contributed by atoms with Crippen LogP contribution in [0.5, 0.6) is 5.75 Å². The molecule has 1 aromatic carbocycles. The molecule has 3 aliphatic heterocycles. The maximum absolute atomic E-state index is 13.4. The van der Waals surface area contributed by atoms with Gasteiger partial charge in [-0.3, -0.25) is 14.3 Å². The Hall–Kier alpha value is -3.07. The van der Waals surface area contributed by atoms with Crippen LogP contribution in [0.1, 0.15) is 54.0 Å². The summed E-state index contributed by atoms with van der Waals surface area (Å²) in [7, 11) is 0. The number of rotatable bonds is 4. The molecule has 1 aromatic heterocycles. The van der Waals surface area contributed by atoms with Crippen LogP contribution in [-0.4, -0.2) is 89.5 Å². The number of hydrogen-bond acceptors (Lipinski definition) is 6. The second-order valence-electron chi connectivity index (χ2n) is 10.9. The Balaban J connectivity index is 1.10. The summed E-state index contributed by atoms with van der Waals surface area (Å²) in [5, 5.41) is 4.71. The molecule has 0 spiro atoms. The molecule has 37 heavy (non-hydrogen) atoms. The Labute approximate surface area is 218 Å². The molecule has 2 amide bonds. The molecule has 0 radical (unpaired) electrons. The van der Waals surface area contributed by atoms with Crippen molar-refractivity contribution in [1.29, 1.82) is 0 Å². The van der Waals surface area contributed by atoms with Gasteiger partial charge in [-0.25, -0.2) is 0 Å². The summed E-state index contributed by atoms with van der Waals surface area (Å²) in [5.74, 6) is 1.05. The minimum atomic E-state index is -0.0320. The molecule has 6 rings (SSSR count). The van der Waals surface area contributed by atoms with Crippen molar-refractivity contribution in [3.05, 3.63) is 40.7 Å². The van der Waals surface area contributed by atoms with Crippen molar-refractivity contribution in [2.75, 3.05) is 50.8 Å². The highest BCUT2D eigenvalue weighted by atomic mass is 16.5. The van der Waals surface area contributed by atoms with Gasteiger partial charge in [-0.1, -0.05) is 0 Å². The van der Waals surface area contributed by atoms with E-state index in [1.54, 1.807) is 4.68 Å². The zero-order chi connectivity index (χ0) is 25.5. The van der Waals surface area contributed by atoms with Gasteiger partial charge in [0.25, 0.3) is 5.91 Å². The molecule has 0 unspecified atom stereocenters. The Morgan fingerprint density at radius 2 is 1.76 bits per heavy atom. The fraction of sp³-hybridized carbons (Fsp3) is 0.607. The highest BCUT2D eigenvalue weighted by Gasteiger charge is 2.33. The molecule has 2 fully saturated rings. The summed E-state index contributed by atoms with van der Waals surface area (Å²) >= 11 is 0. The minimum absolute atomic E-state index is 0.0118. The number of morpholine rings is 1. The second-order valence-corrected chi connectivity index (χ2v) is 10.9. The van der Waals surface area contributed by atoms with Gasteiger partial charge >= 0.3 is 0 Å². The molecule has 198 valence electrons. The van der Waals surface area contributed by atoms with Crippen LogP contribution in [0.25, 0.3) is 0 Å². The summed E-state index contributed by atoms with van der Waals surface area (Å²) in [6.07, 6.45) is 4.87. The third-order valence-corrected chi connectivity index (χ3v) is 8.09. The Morgan fingerprint density at radius 1 is 0.973 bits per heavy atom. The van der Waals surface area contributed by atoms with Crippen LogP contribution in [0, 0.1) is 0 Å². The van der Waals surface area contributed by atoms with E-state index in [1.165, 1.54) is 11.3 Å². The van der Waals surface area contributed by atoms with Crippen molar-refractivity contribution in [2.45, 2.75) is 64.7 Å². The molecule has 2 atom stereocenters. The van der Waals surface area contributed by atoms with E-state index in [-0.39, 0.29) is 30.6 Å². The number of anilines is 1. The number of piperazine rings is 1. The molecule has 9 nitrogen and oxygen atoms in total. The van der Waals surface area contributed by atoms with E-state index in [9.17, 15) is 9.59 Å². The number of amides is 2. The van der Waals surface area contributed by atoms with Gasteiger partial charge in [0.15, 0.2) is 5.69 Å². The van der Waals surface area contributed by atoms with Crippen LogP contribution in [0.4, 0.5) is 5.69 Å². The average Bonchev–Trinajstić information content (AvgIpc) is 3.51. The molecule has 2 aromatic rings. The zero-order valence-corrected chi connectivity index (χ0v) is 21.9. The van der Waals surface area contributed by atoms with Gasteiger partial charge < -0.3 is 24.2 Å². The Bertz CT molecular complexity index is 1180. The lowest BCUT2D eigenvalue weighted by atomic mass is 10.0. The molecule has 9 heteroatoms. The first-order chi connectivity index (χ1) is 18.0. The first-order valence-electron chi connectivity index (χ1n) is 13.8. The number of nitrogens with zero attached hydrogens (tertiary/aromatic N) is 5. The highest BCUT2D eigenvalue weighted by Crippen LogP contribution is 2.30. The highest BCUT2D eigenvalue weighted by molar-refractivity contribution is 5.94. The van der Waals surface area contributed by atoms with E-state index < -0.39 is 0 Å². The number of hydrogen-bond donors (Lipinski definition) is 0. The summed E-state index contributed by atoms with van der Waals surface area (Å²) in [4.78, 5) is 32.8. The number of benzene rings is 1. The molecule has 4 aliphatic rings. The van der Waals surface area contributed by atoms with E-state index >= 15 is 0 Å². The predicted octanol–water partition coefficient (Wildman–Crippen LogP) is 2.30. The first kappa shape index (κ1) is 24.3. The summed E-state index contributed by atoms with van der Waals surface area (Å²) in [6, 6.07) is 6.45. The zero-order valence-electron chi connectivity index (χ0n) is 21.9. The summed E-state index contributed by atoms with van der Waals surface area (Å²) in [5.41, 5.74) is 5.10. The maximum Gasteiger partial charge on any atom is 0.274 e. The minimum Gasteiger partial charge on any atom is -0.493 e. The van der Waals surface area contributed by atoms with E-state index in [4.69, 9.17) is 14.6 Å². The summed E-state index contributed by atoms with van der Waals surface area (Å²) in [6.45, 7) is 9.12. The van der Waals surface area contributed by atoms with Crippen molar-refractivity contribution < 1.29 is 19.1 Å². The Morgan fingerprint density at radius 3 is 2.54 bits per heavy atom. The van der Waals surface area contributed by atoms with Crippen LogP contribution in [0.3, 0.4) is 0 Å². The fourth-order valence-corrected chi connectivity index (χ4v) is 6.29. The molecular formula is C28H37N5O4. The normalized spacial score (nSPS) is 23.5. The van der Waals surface area contributed by atoms with E-state index in [1.807, 2.05) is 23.6 Å². The quantitative estimate of drug-likeness (QED) is 0.632. The molecule has 2 saturated heterocycles. The van der Waals surface area contributed by atoms with Crippen molar-refractivity contribution in [2.24, 2.45) is 0 Å². The number of carbonyl (C=O) groups is 2. The number of carbonyl (C=O) groups excluding carboxylic acids is 2. The number of ether oxygens (including phenoxy) is 2. The van der Waals surface area contributed by atoms with Crippen molar-refractivity contribution >= 4 is 17.5 Å². The lowest BCUT2D eigenvalue weighted by Crippen LogP contribution is -2.49. The third kappa shape index (κ3) is 4.81. The Kier molecular flexibility index (Phi) is 6.56. The van der Waals surface area contributed by atoms with Crippen molar-refractivity contribution in [3.63, 3.8) is 0 Å². The standard InChI is InChI=1S/C28H37N5O4/c1-19-16-32(17-20(2)37-19)28(35)27-23-6-3-7-24(23)33(29-27)18-26(34)31-12-10-30(11-13-31)22-8-9-25-21(15-22)5-4-14-36-25/h8-9,15,19-20H,3-7,10-14,16-18H2,1-2H3/t19-,20+. The van der Waals surface area contributed by atoms with Crippen LogP contribution in [0.15, 0.2) is 18.2 Å².